The van der Waals surface area contributed by atoms with Crippen LogP contribution in [-0.4, -0.2) is 30.4 Å². The highest BCUT2D eigenvalue weighted by atomic mass is 35.5. The molecule has 3 nitrogen and oxygen atoms in total. The van der Waals surface area contributed by atoms with E-state index < -0.39 is 0 Å². The lowest BCUT2D eigenvalue weighted by Crippen LogP contribution is -2.43. The molecule has 2 unspecified atom stereocenters. The van der Waals surface area contributed by atoms with Gasteiger partial charge in [-0.15, -0.1) is 0 Å². The molecule has 0 aliphatic carbocycles. The van der Waals surface area contributed by atoms with Crippen molar-refractivity contribution < 1.29 is 0 Å². The number of halogens is 2. The Hall–Kier alpha value is -0.770. The van der Waals surface area contributed by atoms with Crippen LogP contribution in [0.5, 0.6) is 0 Å². The van der Waals surface area contributed by atoms with Crippen molar-refractivity contribution >= 4 is 29.5 Å². The first-order valence-electron chi connectivity index (χ1n) is 6.76. The Morgan fingerprint density at radius 2 is 2.00 bits per heavy atom. The fraction of sp³-hybridized carbons (Fsp3) is 0.533. The molecule has 1 aromatic carbocycles. The Bertz CT molecular complexity index is 508. The summed E-state index contributed by atoms with van der Waals surface area (Å²) in [6.07, 6.45) is 1.90. The number of hydrogen-bond donors (Lipinski definition) is 1. The van der Waals surface area contributed by atoms with Gasteiger partial charge in [-0.1, -0.05) is 50.0 Å². The topological polar surface area (TPSA) is 41.6 Å². The van der Waals surface area contributed by atoms with Crippen molar-refractivity contribution in [3.05, 3.63) is 33.8 Å². The second-order valence-corrected chi connectivity index (χ2v) is 7.25. The largest absolute Gasteiger partial charge is 0.356 e. The number of hydrogen-bond acceptors (Lipinski definition) is 3. The first-order valence-corrected chi connectivity index (χ1v) is 7.51. The molecule has 0 bridgehead atoms. The van der Waals surface area contributed by atoms with Gasteiger partial charge in [0.25, 0.3) is 0 Å². The summed E-state index contributed by atoms with van der Waals surface area (Å²) in [7, 11) is 0. The number of nitrogens with two attached hydrogens (primary N) is 1. The van der Waals surface area contributed by atoms with Crippen molar-refractivity contribution in [1.29, 1.82) is 0 Å². The molecule has 0 spiro atoms. The second-order valence-electron chi connectivity index (χ2n) is 6.41. The first kappa shape index (κ1) is 15.6. The lowest BCUT2D eigenvalue weighted by molar-refractivity contribution is 0.229. The summed E-state index contributed by atoms with van der Waals surface area (Å²) in [4.78, 5) is 6.83. The molecule has 5 heteroatoms. The molecule has 1 aliphatic heterocycles. The van der Waals surface area contributed by atoms with Crippen LogP contribution in [0.15, 0.2) is 23.2 Å². The third-order valence-electron chi connectivity index (χ3n) is 3.35. The summed E-state index contributed by atoms with van der Waals surface area (Å²) in [6, 6.07) is 5.67. The molecule has 0 radical (unpaired) electrons. The van der Waals surface area contributed by atoms with E-state index in [0.29, 0.717) is 16.6 Å². The zero-order chi connectivity index (χ0) is 14.9. The maximum Gasteiger partial charge on any atom is 0.0996 e. The van der Waals surface area contributed by atoms with Gasteiger partial charge in [-0.3, -0.25) is 4.99 Å². The molecule has 2 atom stereocenters. The van der Waals surface area contributed by atoms with Gasteiger partial charge in [-0.2, -0.15) is 0 Å². The minimum absolute atomic E-state index is 0.0212. The van der Waals surface area contributed by atoms with E-state index >= 15 is 0 Å². The van der Waals surface area contributed by atoms with Crippen LogP contribution in [0, 0.1) is 5.41 Å². The average molecular weight is 314 g/mol. The van der Waals surface area contributed by atoms with Crippen LogP contribution < -0.4 is 5.73 Å². The second kappa shape index (κ2) is 5.92. The highest BCUT2D eigenvalue weighted by Gasteiger charge is 2.33. The Morgan fingerprint density at radius 1 is 1.30 bits per heavy atom. The number of aliphatic imine (C=N–C) groups is 1. The molecule has 0 saturated carbocycles. The van der Waals surface area contributed by atoms with E-state index in [-0.39, 0.29) is 17.5 Å². The van der Waals surface area contributed by atoms with Crippen molar-refractivity contribution in [2.24, 2.45) is 16.1 Å². The fourth-order valence-corrected chi connectivity index (χ4v) is 3.04. The third kappa shape index (κ3) is 3.46. The van der Waals surface area contributed by atoms with E-state index in [1.807, 2.05) is 18.5 Å². The Morgan fingerprint density at radius 3 is 2.55 bits per heavy atom. The van der Waals surface area contributed by atoms with Crippen molar-refractivity contribution in [3.8, 4) is 0 Å². The molecule has 110 valence electrons. The lowest BCUT2D eigenvalue weighted by atomic mass is 9.94. The minimum Gasteiger partial charge on any atom is -0.356 e. The molecule has 0 amide bonds. The van der Waals surface area contributed by atoms with Crippen LogP contribution in [-0.2, 0) is 0 Å². The highest BCUT2D eigenvalue weighted by Crippen LogP contribution is 2.35. The van der Waals surface area contributed by atoms with Crippen molar-refractivity contribution in [2.75, 3.05) is 13.1 Å². The van der Waals surface area contributed by atoms with Crippen LogP contribution in [0.1, 0.15) is 32.4 Å². The van der Waals surface area contributed by atoms with Gasteiger partial charge in [0.05, 0.1) is 18.4 Å². The quantitative estimate of drug-likeness (QED) is 0.923. The summed E-state index contributed by atoms with van der Waals surface area (Å²) in [5.74, 6) is 0. The maximum atomic E-state index is 6.29. The van der Waals surface area contributed by atoms with Gasteiger partial charge >= 0.3 is 0 Å². The Kier molecular flexibility index (Phi) is 4.62. The van der Waals surface area contributed by atoms with E-state index in [1.165, 1.54) is 0 Å². The minimum atomic E-state index is -0.0212. The van der Waals surface area contributed by atoms with Gasteiger partial charge in [0, 0.05) is 23.1 Å². The molecular weight excluding hydrogens is 293 g/mol. The molecule has 2 N–H and O–H groups in total. The normalized spacial score (nSPS) is 22.6. The van der Waals surface area contributed by atoms with E-state index in [0.717, 1.165) is 12.1 Å². The van der Waals surface area contributed by atoms with Gasteiger partial charge in [0.1, 0.15) is 0 Å². The molecule has 1 aliphatic rings. The van der Waals surface area contributed by atoms with E-state index in [4.69, 9.17) is 28.9 Å². The average Bonchev–Trinajstić information content (AvgIpc) is 2.69. The number of benzene rings is 1. The van der Waals surface area contributed by atoms with Crippen molar-refractivity contribution in [1.82, 2.24) is 4.90 Å². The van der Waals surface area contributed by atoms with Gasteiger partial charge in [0.2, 0.25) is 0 Å². The van der Waals surface area contributed by atoms with Crippen LogP contribution in [0.25, 0.3) is 0 Å². The highest BCUT2D eigenvalue weighted by molar-refractivity contribution is 6.35. The monoisotopic (exact) mass is 313 g/mol. The number of nitrogens with zero attached hydrogens (tertiary/aromatic N) is 2. The Balaban J connectivity index is 2.24. The van der Waals surface area contributed by atoms with Gasteiger partial charge < -0.3 is 10.6 Å². The standard InChI is InChI=1S/C15H21Cl2N3/c1-15(2,3)8-20-9-19-14(13(20)7-18)11-5-4-10(16)6-12(11)17/h4-6,9,13-14H,7-8,18H2,1-3H3. The summed E-state index contributed by atoms with van der Waals surface area (Å²) in [6.45, 7) is 8.07. The van der Waals surface area contributed by atoms with Crippen LogP contribution in [0.4, 0.5) is 0 Å². The van der Waals surface area contributed by atoms with E-state index in [9.17, 15) is 0 Å². The zero-order valence-electron chi connectivity index (χ0n) is 12.1. The molecule has 0 fully saturated rings. The summed E-state index contributed by atoms with van der Waals surface area (Å²) in [5, 5.41) is 1.28. The van der Waals surface area contributed by atoms with E-state index in [2.05, 4.69) is 30.7 Å². The molecule has 2 rings (SSSR count). The number of rotatable bonds is 3. The third-order valence-corrected chi connectivity index (χ3v) is 3.91. The van der Waals surface area contributed by atoms with E-state index in [1.54, 1.807) is 6.07 Å². The van der Waals surface area contributed by atoms with Crippen molar-refractivity contribution in [3.63, 3.8) is 0 Å². The molecular formula is C15H21Cl2N3. The smallest absolute Gasteiger partial charge is 0.0996 e. The SMILES string of the molecule is CC(C)(C)CN1C=NC(c2ccc(Cl)cc2Cl)C1CN. The predicted octanol–water partition coefficient (Wildman–Crippen LogP) is 3.75. The van der Waals surface area contributed by atoms with Crippen LogP contribution >= 0.6 is 23.2 Å². The van der Waals surface area contributed by atoms with Gasteiger partial charge in [-0.05, 0) is 23.1 Å². The lowest BCUT2D eigenvalue weighted by Gasteiger charge is -2.32. The fourth-order valence-electron chi connectivity index (χ4n) is 2.52. The first-order chi connectivity index (χ1) is 9.31. The molecule has 20 heavy (non-hydrogen) atoms. The molecule has 1 aromatic rings. The van der Waals surface area contributed by atoms with Gasteiger partial charge in [-0.25, -0.2) is 0 Å². The molecule has 1 heterocycles. The molecule has 0 saturated heterocycles. The summed E-state index contributed by atoms with van der Waals surface area (Å²) >= 11 is 12.2. The molecule has 0 aromatic heterocycles. The summed E-state index contributed by atoms with van der Waals surface area (Å²) < 4.78 is 0. The van der Waals surface area contributed by atoms with Crippen molar-refractivity contribution in [2.45, 2.75) is 32.9 Å². The Labute approximate surface area is 130 Å². The van der Waals surface area contributed by atoms with Crippen LogP contribution in [0.3, 0.4) is 0 Å². The summed E-state index contributed by atoms with van der Waals surface area (Å²) in [5.41, 5.74) is 7.14. The maximum absolute atomic E-state index is 6.29. The van der Waals surface area contributed by atoms with Gasteiger partial charge in [0.15, 0.2) is 0 Å². The zero-order valence-corrected chi connectivity index (χ0v) is 13.6. The van der Waals surface area contributed by atoms with Crippen LogP contribution in [0.2, 0.25) is 10.0 Å². The predicted molar refractivity (Wildman–Crippen MR) is 86.7 cm³/mol.